The molecule has 0 N–H and O–H groups in total. The summed E-state index contributed by atoms with van der Waals surface area (Å²) >= 11 is 0. The molecule has 1 aromatic rings. The number of Topliss-reactive ketones (excluding diaryl/α,β-unsaturated/α-hetero) is 1. The maximum atomic E-state index is 11.2. The third kappa shape index (κ3) is 1.72. The second-order valence-corrected chi connectivity index (χ2v) is 3.05. The van der Waals surface area contributed by atoms with Gasteiger partial charge >= 0.3 is 0 Å². The van der Waals surface area contributed by atoms with Crippen LogP contribution in [0.5, 0.6) is 0 Å². The third-order valence-electron chi connectivity index (χ3n) is 1.74. The monoisotopic (exact) mass is 166 g/mol. The summed E-state index contributed by atoms with van der Waals surface area (Å²) in [5, 5.41) is 4.15. The number of carbonyl (C=O) groups excluding carboxylic acids is 1. The molecule has 66 valence electrons. The molecule has 0 aromatic carbocycles. The molecule has 1 rings (SSSR count). The van der Waals surface area contributed by atoms with E-state index in [4.69, 9.17) is 0 Å². The second-order valence-electron chi connectivity index (χ2n) is 3.05. The van der Waals surface area contributed by atoms with Crippen molar-refractivity contribution < 1.29 is 4.79 Å². The second kappa shape index (κ2) is 3.52. The Labute approximate surface area is 72.4 Å². The van der Waals surface area contributed by atoms with Crippen LogP contribution in [-0.4, -0.2) is 15.6 Å². The van der Waals surface area contributed by atoms with Crippen LogP contribution < -0.4 is 0 Å². The Morgan fingerprint density at radius 1 is 1.67 bits per heavy atom. The molecule has 3 heteroatoms. The largest absolute Gasteiger partial charge is 0.292 e. The number of nitrogens with zero attached hydrogens (tertiary/aromatic N) is 2. The Kier molecular flexibility index (Phi) is 2.63. The van der Waals surface area contributed by atoms with E-state index in [-0.39, 0.29) is 5.78 Å². The number of aromatic nitrogens is 2. The zero-order chi connectivity index (χ0) is 9.14. The Balaban J connectivity index is 2.84. The summed E-state index contributed by atoms with van der Waals surface area (Å²) in [7, 11) is 0. The normalized spacial score (nSPS) is 10.7. The average Bonchev–Trinajstić information content (AvgIpc) is 2.51. The minimum absolute atomic E-state index is 0.106. The van der Waals surface area contributed by atoms with Crippen molar-refractivity contribution in [2.45, 2.75) is 33.2 Å². The highest BCUT2D eigenvalue weighted by Gasteiger charge is 2.07. The van der Waals surface area contributed by atoms with Crippen LogP contribution in [-0.2, 0) is 0 Å². The van der Waals surface area contributed by atoms with Crippen LogP contribution >= 0.6 is 0 Å². The Morgan fingerprint density at radius 2 is 2.33 bits per heavy atom. The van der Waals surface area contributed by atoms with Crippen LogP contribution in [0.2, 0.25) is 0 Å². The van der Waals surface area contributed by atoms with Gasteiger partial charge in [0.25, 0.3) is 0 Å². The fourth-order valence-corrected chi connectivity index (χ4v) is 0.955. The molecule has 0 aliphatic carbocycles. The predicted octanol–water partition coefficient (Wildman–Crippen LogP) is 2.06. The summed E-state index contributed by atoms with van der Waals surface area (Å²) in [6.45, 7) is 5.91. The molecule has 3 nitrogen and oxygen atoms in total. The minimum atomic E-state index is 0.106. The lowest BCUT2D eigenvalue weighted by molar-refractivity contribution is 0.0982. The van der Waals surface area contributed by atoms with Crippen LogP contribution in [0.4, 0.5) is 0 Å². The number of ketones is 1. The maximum Gasteiger partial charge on any atom is 0.182 e. The predicted molar refractivity (Wildman–Crippen MR) is 47.2 cm³/mol. The van der Waals surface area contributed by atoms with Gasteiger partial charge in [0.1, 0.15) is 5.69 Å². The summed E-state index contributed by atoms with van der Waals surface area (Å²) in [6.07, 6.45) is 2.36. The summed E-state index contributed by atoms with van der Waals surface area (Å²) in [4.78, 5) is 11.2. The molecule has 0 radical (unpaired) electrons. The van der Waals surface area contributed by atoms with Crippen molar-refractivity contribution >= 4 is 5.78 Å². The highest BCUT2D eigenvalue weighted by atomic mass is 16.1. The first kappa shape index (κ1) is 8.97. The van der Waals surface area contributed by atoms with Gasteiger partial charge < -0.3 is 0 Å². The average molecular weight is 166 g/mol. The van der Waals surface area contributed by atoms with E-state index in [0.717, 1.165) is 0 Å². The Hall–Kier alpha value is -1.12. The number of rotatable bonds is 3. The highest BCUT2D eigenvalue weighted by molar-refractivity contribution is 5.93. The molecule has 0 unspecified atom stereocenters. The molecule has 0 bridgehead atoms. The smallest absolute Gasteiger partial charge is 0.182 e. The first-order chi connectivity index (χ1) is 5.65. The molecule has 0 aliphatic heterocycles. The number of hydrogen-bond donors (Lipinski definition) is 0. The van der Waals surface area contributed by atoms with E-state index < -0.39 is 0 Å². The van der Waals surface area contributed by atoms with Gasteiger partial charge in [-0.2, -0.15) is 5.10 Å². The van der Waals surface area contributed by atoms with Crippen molar-refractivity contribution in [2.24, 2.45) is 0 Å². The zero-order valence-electron chi connectivity index (χ0n) is 7.74. The topological polar surface area (TPSA) is 34.9 Å². The molecular formula is C9H14N2O. The molecule has 1 aromatic heterocycles. The van der Waals surface area contributed by atoms with E-state index in [9.17, 15) is 4.79 Å². The summed E-state index contributed by atoms with van der Waals surface area (Å²) in [6, 6.07) is 2.09. The van der Waals surface area contributed by atoms with Crippen molar-refractivity contribution in [1.29, 1.82) is 0 Å². The fourth-order valence-electron chi connectivity index (χ4n) is 0.955. The standard InChI is InChI=1S/C9H14N2O/c1-4-9(12)8-5-6-11(10-8)7(2)3/h5-7H,4H2,1-3H3. The van der Waals surface area contributed by atoms with E-state index in [0.29, 0.717) is 18.2 Å². The highest BCUT2D eigenvalue weighted by Crippen LogP contribution is 2.05. The van der Waals surface area contributed by atoms with Gasteiger partial charge in [-0.1, -0.05) is 6.92 Å². The van der Waals surface area contributed by atoms with Crippen LogP contribution in [0.25, 0.3) is 0 Å². The Bertz CT molecular complexity index is 276. The van der Waals surface area contributed by atoms with Gasteiger partial charge in [0, 0.05) is 18.7 Å². The van der Waals surface area contributed by atoms with E-state index in [1.165, 1.54) is 0 Å². The van der Waals surface area contributed by atoms with Crippen LogP contribution in [0.1, 0.15) is 43.7 Å². The van der Waals surface area contributed by atoms with Crippen LogP contribution in [0.3, 0.4) is 0 Å². The third-order valence-corrected chi connectivity index (χ3v) is 1.74. The van der Waals surface area contributed by atoms with Gasteiger partial charge in [0.15, 0.2) is 5.78 Å². The molecule has 1 heterocycles. The van der Waals surface area contributed by atoms with Crippen molar-refractivity contribution in [1.82, 2.24) is 9.78 Å². The SMILES string of the molecule is CCC(=O)c1ccn(C(C)C)n1. The molecule has 0 spiro atoms. The molecule has 0 aliphatic rings. The summed E-state index contributed by atoms with van der Waals surface area (Å²) in [5.74, 6) is 0.106. The van der Waals surface area contributed by atoms with Crippen molar-refractivity contribution in [3.8, 4) is 0 Å². The molecule has 0 amide bonds. The summed E-state index contributed by atoms with van der Waals surface area (Å²) in [5.41, 5.74) is 0.575. The number of carbonyl (C=O) groups is 1. The zero-order valence-corrected chi connectivity index (χ0v) is 7.74. The van der Waals surface area contributed by atoms with Gasteiger partial charge in [0.2, 0.25) is 0 Å². The van der Waals surface area contributed by atoms with E-state index >= 15 is 0 Å². The molecular weight excluding hydrogens is 152 g/mol. The molecule has 0 saturated heterocycles. The molecule has 12 heavy (non-hydrogen) atoms. The van der Waals surface area contributed by atoms with E-state index in [1.54, 1.807) is 10.7 Å². The van der Waals surface area contributed by atoms with Gasteiger partial charge in [-0.15, -0.1) is 0 Å². The molecule has 0 atom stereocenters. The molecule has 0 fully saturated rings. The van der Waals surface area contributed by atoms with Gasteiger partial charge in [-0.25, -0.2) is 0 Å². The maximum absolute atomic E-state index is 11.2. The fraction of sp³-hybridized carbons (Fsp3) is 0.556. The van der Waals surface area contributed by atoms with E-state index in [1.807, 2.05) is 27.0 Å². The van der Waals surface area contributed by atoms with Crippen molar-refractivity contribution in [3.05, 3.63) is 18.0 Å². The lowest BCUT2D eigenvalue weighted by atomic mass is 10.2. The Morgan fingerprint density at radius 3 is 2.75 bits per heavy atom. The van der Waals surface area contributed by atoms with Crippen molar-refractivity contribution in [3.63, 3.8) is 0 Å². The van der Waals surface area contributed by atoms with Gasteiger partial charge in [-0.3, -0.25) is 9.48 Å². The van der Waals surface area contributed by atoms with Crippen LogP contribution in [0.15, 0.2) is 12.3 Å². The van der Waals surface area contributed by atoms with E-state index in [2.05, 4.69) is 5.10 Å². The molecule has 0 saturated carbocycles. The summed E-state index contributed by atoms with van der Waals surface area (Å²) < 4.78 is 1.79. The first-order valence-electron chi connectivity index (χ1n) is 4.23. The quantitative estimate of drug-likeness (QED) is 0.644. The minimum Gasteiger partial charge on any atom is -0.292 e. The van der Waals surface area contributed by atoms with Crippen molar-refractivity contribution in [2.75, 3.05) is 0 Å². The van der Waals surface area contributed by atoms with Gasteiger partial charge in [-0.05, 0) is 19.9 Å². The van der Waals surface area contributed by atoms with Crippen LogP contribution in [0, 0.1) is 0 Å². The lowest BCUT2D eigenvalue weighted by Crippen LogP contribution is -2.04. The van der Waals surface area contributed by atoms with Gasteiger partial charge in [0.05, 0.1) is 0 Å². The first-order valence-corrected chi connectivity index (χ1v) is 4.23. The lowest BCUT2D eigenvalue weighted by Gasteiger charge is -2.02. The number of hydrogen-bond acceptors (Lipinski definition) is 2.